The van der Waals surface area contributed by atoms with Crippen LogP contribution in [0.2, 0.25) is 0 Å². The maximum absolute atomic E-state index is 12.2. The van der Waals surface area contributed by atoms with Gasteiger partial charge < -0.3 is 10.4 Å². The minimum absolute atomic E-state index is 0.00237. The fourth-order valence-electron chi connectivity index (χ4n) is 2.44. The third kappa shape index (κ3) is 2.76. The Balaban J connectivity index is 2.65. The molecule has 0 radical (unpaired) electrons. The summed E-state index contributed by atoms with van der Waals surface area (Å²) in [6.07, 6.45) is 3.98. The van der Waals surface area contributed by atoms with Crippen molar-refractivity contribution in [3.63, 3.8) is 0 Å². The summed E-state index contributed by atoms with van der Waals surface area (Å²) in [5, 5.41) is 12.3. The number of hydrogen-bond acceptors (Lipinski definition) is 2. The van der Waals surface area contributed by atoms with Crippen LogP contribution in [-0.4, -0.2) is 23.2 Å². The van der Waals surface area contributed by atoms with Gasteiger partial charge in [0, 0.05) is 5.92 Å². The molecule has 0 bridgehead atoms. The van der Waals surface area contributed by atoms with Crippen molar-refractivity contribution in [2.24, 2.45) is 11.3 Å². The van der Waals surface area contributed by atoms with Crippen molar-refractivity contribution in [1.29, 1.82) is 0 Å². The Morgan fingerprint density at radius 3 is 2.56 bits per heavy atom. The molecule has 94 valence electrons. The number of rotatable bonds is 4. The van der Waals surface area contributed by atoms with Gasteiger partial charge in [0.05, 0.1) is 12.1 Å². The second-order valence-corrected chi connectivity index (χ2v) is 5.99. The molecule has 3 nitrogen and oxygen atoms in total. The van der Waals surface area contributed by atoms with Crippen LogP contribution in [0.5, 0.6) is 0 Å². The Hall–Kier alpha value is -0.570. The summed E-state index contributed by atoms with van der Waals surface area (Å²) >= 11 is 0. The van der Waals surface area contributed by atoms with Gasteiger partial charge in [0.1, 0.15) is 0 Å². The largest absolute Gasteiger partial charge is 0.394 e. The summed E-state index contributed by atoms with van der Waals surface area (Å²) in [5.74, 6) is 0.214. The van der Waals surface area contributed by atoms with Gasteiger partial charge in [-0.25, -0.2) is 0 Å². The Bertz CT molecular complexity index is 257. The van der Waals surface area contributed by atoms with Crippen molar-refractivity contribution in [2.45, 2.75) is 58.9 Å². The average Bonchev–Trinajstić information content (AvgIpc) is 2.58. The minimum Gasteiger partial charge on any atom is -0.394 e. The van der Waals surface area contributed by atoms with Gasteiger partial charge in [-0.05, 0) is 31.6 Å². The van der Waals surface area contributed by atoms with E-state index < -0.39 is 5.54 Å². The van der Waals surface area contributed by atoms with Crippen LogP contribution in [0.15, 0.2) is 0 Å². The van der Waals surface area contributed by atoms with Gasteiger partial charge in [-0.1, -0.05) is 27.2 Å². The molecule has 0 heterocycles. The van der Waals surface area contributed by atoms with Gasteiger partial charge in [0.15, 0.2) is 0 Å². The number of hydrogen-bond donors (Lipinski definition) is 2. The standard InChI is InChI=1S/C13H25NO2/c1-5-13(4,9-15)14-11(16)10-7-6-8-12(10,2)3/h10,15H,5-9H2,1-4H3,(H,14,16). The van der Waals surface area contributed by atoms with Crippen LogP contribution >= 0.6 is 0 Å². The van der Waals surface area contributed by atoms with Gasteiger partial charge >= 0.3 is 0 Å². The number of amides is 1. The summed E-state index contributed by atoms with van der Waals surface area (Å²) in [7, 11) is 0. The molecule has 0 aromatic heterocycles. The van der Waals surface area contributed by atoms with E-state index in [-0.39, 0.29) is 23.8 Å². The topological polar surface area (TPSA) is 49.3 Å². The number of nitrogens with one attached hydrogen (secondary N) is 1. The molecule has 2 unspecified atom stereocenters. The van der Waals surface area contributed by atoms with Crippen molar-refractivity contribution in [1.82, 2.24) is 5.32 Å². The molecule has 0 aromatic rings. The normalized spacial score (nSPS) is 27.4. The van der Waals surface area contributed by atoms with Gasteiger partial charge in [-0.3, -0.25) is 4.79 Å². The van der Waals surface area contributed by atoms with Crippen molar-refractivity contribution in [3.8, 4) is 0 Å². The van der Waals surface area contributed by atoms with Crippen LogP contribution in [0.3, 0.4) is 0 Å². The Morgan fingerprint density at radius 2 is 2.19 bits per heavy atom. The van der Waals surface area contributed by atoms with E-state index in [2.05, 4.69) is 19.2 Å². The highest BCUT2D eigenvalue weighted by molar-refractivity contribution is 5.80. The first-order valence-electron chi connectivity index (χ1n) is 6.27. The summed E-state index contributed by atoms with van der Waals surface area (Å²) < 4.78 is 0. The van der Waals surface area contributed by atoms with E-state index in [0.717, 1.165) is 25.7 Å². The fourth-order valence-corrected chi connectivity index (χ4v) is 2.44. The molecular weight excluding hydrogens is 202 g/mol. The zero-order valence-corrected chi connectivity index (χ0v) is 11.0. The highest BCUT2D eigenvalue weighted by atomic mass is 16.3. The van der Waals surface area contributed by atoms with Crippen LogP contribution in [0.1, 0.15) is 53.4 Å². The number of carbonyl (C=O) groups excluding carboxylic acids is 1. The summed E-state index contributed by atoms with van der Waals surface area (Å²) in [4.78, 5) is 12.2. The molecule has 1 rings (SSSR count). The first-order valence-corrected chi connectivity index (χ1v) is 6.27. The minimum atomic E-state index is -0.463. The molecule has 1 fully saturated rings. The maximum atomic E-state index is 12.2. The predicted octanol–water partition coefficient (Wildman–Crippen LogP) is 2.09. The molecule has 0 aromatic carbocycles. The van der Waals surface area contributed by atoms with Crippen LogP contribution < -0.4 is 5.32 Å². The molecule has 3 heteroatoms. The highest BCUT2D eigenvalue weighted by Gasteiger charge is 2.40. The zero-order chi connectivity index (χ0) is 12.4. The molecule has 2 N–H and O–H groups in total. The van der Waals surface area contributed by atoms with Crippen LogP contribution in [0, 0.1) is 11.3 Å². The third-order valence-electron chi connectivity index (χ3n) is 4.13. The van der Waals surface area contributed by atoms with Crippen LogP contribution in [0.25, 0.3) is 0 Å². The van der Waals surface area contributed by atoms with Crippen LogP contribution in [0.4, 0.5) is 0 Å². The molecular formula is C13H25NO2. The average molecular weight is 227 g/mol. The van der Waals surface area contributed by atoms with E-state index in [0.29, 0.717) is 0 Å². The Kier molecular flexibility index (Phi) is 4.00. The lowest BCUT2D eigenvalue weighted by molar-refractivity contribution is -0.130. The SMILES string of the molecule is CCC(C)(CO)NC(=O)C1CCCC1(C)C. The second-order valence-electron chi connectivity index (χ2n) is 5.99. The molecule has 2 atom stereocenters. The van der Waals surface area contributed by atoms with Gasteiger partial charge in [-0.15, -0.1) is 0 Å². The van der Waals surface area contributed by atoms with Crippen molar-refractivity contribution >= 4 is 5.91 Å². The summed E-state index contributed by atoms with van der Waals surface area (Å²) in [6, 6.07) is 0. The van der Waals surface area contributed by atoms with E-state index in [4.69, 9.17) is 0 Å². The molecule has 1 saturated carbocycles. The smallest absolute Gasteiger partial charge is 0.224 e. The van der Waals surface area contributed by atoms with E-state index in [1.807, 2.05) is 13.8 Å². The maximum Gasteiger partial charge on any atom is 0.224 e. The molecule has 1 aliphatic carbocycles. The zero-order valence-electron chi connectivity index (χ0n) is 11.0. The molecule has 16 heavy (non-hydrogen) atoms. The Morgan fingerprint density at radius 1 is 1.56 bits per heavy atom. The monoisotopic (exact) mass is 227 g/mol. The molecule has 0 aliphatic heterocycles. The van der Waals surface area contributed by atoms with Crippen molar-refractivity contribution in [2.75, 3.05) is 6.61 Å². The predicted molar refractivity (Wildman–Crippen MR) is 65.0 cm³/mol. The molecule has 0 spiro atoms. The van der Waals surface area contributed by atoms with Crippen molar-refractivity contribution < 1.29 is 9.90 Å². The van der Waals surface area contributed by atoms with E-state index in [1.54, 1.807) is 0 Å². The van der Waals surface area contributed by atoms with Crippen LogP contribution in [-0.2, 0) is 4.79 Å². The van der Waals surface area contributed by atoms with Gasteiger partial charge in [0.25, 0.3) is 0 Å². The van der Waals surface area contributed by atoms with Gasteiger partial charge in [0.2, 0.25) is 5.91 Å². The lowest BCUT2D eigenvalue weighted by Gasteiger charge is -2.32. The number of aliphatic hydroxyl groups excluding tert-OH is 1. The summed E-state index contributed by atoms with van der Waals surface area (Å²) in [5.41, 5.74) is -0.357. The van der Waals surface area contributed by atoms with E-state index in [1.165, 1.54) is 0 Å². The third-order valence-corrected chi connectivity index (χ3v) is 4.13. The van der Waals surface area contributed by atoms with Crippen molar-refractivity contribution in [3.05, 3.63) is 0 Å². The number of carbonyl (C=O) groups is 1. The van der Waals surface area contributed by atoms with E-state index in [9.17, 15) is 9.90 Å². The first kappa shape index (κ1) is 13.5. The fraction of sp³-hybridized carbons (Fsp3) is 0.923. The quantitative estimate of drug-likeness (QED) is 0.772. The number of aliphatic hydroxyl groups is 1. The van der Waals surface area contributed by atoms with Gasteiger partial charge in [-0.2, -0.15) is 0 Å². The molecule has 1 amide bonds. The Labute approximate surface area is 98.6 Å². The van der Waals surface area contributed by atoms with E-state index >= 15 is 0 Å². The first-order chi connectivity index (χ1) is 7.34. The molecule has 0 saturated heterocycles. The summed E-state index contributed by atoms with van der Waals surface area (Å²) in [6.45, 7) is 8.20. The lowest BCUT2D eigenvalue weighted by Crippen LogP contribution is -2.51. The second kappa shape index (κ2) is 4.74. The lowest BCUT2D eigenvalue weighted by atomic mass is 9.81. The highest BCUT2D eigenvalue weighted by Crippen LogP contribution is 2.42. The molecule has 1 aliphatic rings.